The molecule has 0 radical (unpaired) electrons. The van der Waals surface area contributed by atoms with Crippen molar-refractivity contribution in [2.75, 3.05) is 19.8 Å². The summed E-state index contributed by atoms with van der Waals surface area (Å²) in [4.78, 5) is 16.1. The van der Waals surface area contributed by atoms with E-state index in [4.69, 9.17) is 9.47 Å². The maximum Gasteiger partial charge on any atom is 0.246 e. The third kappa shape index (κ3) is 4.43. The van der Waals surface area contributed by atoms with Crippen molar-refractivity contribution in [3.63, 3.8) is 0 Å². The Bertz CT molecular complexity index is 651. The van der Waals surface area contributed by atoms with Crippen molar-refractivity contribution in [2.45, 2.75) is 31.9 Å². The third-order valence-corrected chi connectivity index (χ3v) is 4.11. The lowest BCUT2D eigenvalue weighted by atomic mass is 10.1. The van der Waals surface area contributed by atoms with E-state index >= 15 is 0 Å². The zero-order chi connectivity index (χ0) is 16.8. The van der Waals surface area contributed by atoms with Gasteiger partial charge >= 0.3 is 0 Å². The number of carbonyl (C=O) groups excluding carboxylic acids is 1. The van der Waals surface area contributed by atoms with Crippen LogP contribution in [0.2, 0.25) is 0 Å². The molecule has 2 atom stereocenters. The number of nitrogens with zero attached hydrogens (tertiary/aromatic N) is 2. The van der Waals surface area contributed by atoms with Gasteiger partial charge in [-0.1, -0.05) is 12.1 Å². The highest BCUT2D eigenvalue weighted by Gasteiger charge is 2.16. The zero-order valence-corrected chi connectivity index (χ0v) is 13.9. The lowest BCUT2D eigenvalue weighted by molar-refractivity contribution is -0.127. The molecule has 0 spiro atoms. The molecule has 1 N–H and O–H groups in total. The Balaban J connectivity index is 1.49. The van der Waals surface area contributed by atoms with Crippen molar-refractivity contribution in [1.82, 2.24) is 14.9 Å². The van der Waals surface area contributed by atoms with E-state index in [9.17, 15) is 4.79 Å². The maximum atomic E-state index is 12.0. The molecule has 0 bridgehead atoms. The molecule has 2 heterocycles. The van der Waals surface area contributed by atoms with Gasteiger partial charge in [-0.05, 0) is 37.5 Å². The molecule has 128 valence electrons. The quantitative estimate of drug-likeness (QED) is 0.846. The number of benzene rings is 1. The van der Waals surface area contributed by atoms with E-state index in [1.165, 1.54) is 0 Å². The smallest absolute Gasteiger partial charge is 0.246 e. The van der Waals surface area contributed by atoms with Crippen molar-refractivity contribution >= 4 is 5.91 Å². The Morgan fingerprint density at radius 3 is 3.21 bits per heavy atom. The van der Waals surface area contributed by atoms with Crippen LogP contribution in [0.3, 0.4) is 0 Å². The van der Waals surface area contributed by atoms with E-state index in [-0.39, 0.29) is 24.7 Å². The maximum absolute atomic E-state index is 12.0. The van der Waals surface area contributed by atoms with Gasteiger partial charge in [0.2, 0.25) is 5.91 Å². The highest BCUT2D eigenvalue weighted by Crippen LogP contribution is 2.17. The molecular formula is C18H23N3O3. The van der Waals surface area contributed by atoms with Crippen LogP contribution in [-0.4, -0.2) is 41.4 Å². The molecule has 1 aromatic carbocycles. The number of imidazole rings is 1. The number of ether oxygens (including phenoxy) is 2. The number of hydrogen-bond acceptors (Lipinski definition) is 4. The summed E-state index contributed by atoms with van der Waals surface area (Å²) in [5.74, 6) is -0.117. The van der Waals surface area contributed by atoms with Crippen molar-refractivity contribution in [2.24, 2.45) is 0 Å². The minimum Gasteiger partial charge on any atom is -0.376 e. The van der Waals surface area contributed by atoms with Gasteiger partial charge in [0, 0.05) is 24.7 Å². The second-order valence-corrected chi connectivity index (χ2v) is 6.00. The second-order valence-electron chi connectivity index (χ2n) is 6.00. The lowest BCUT2D eigenvalue weighted by Gasteiger charge is -2.16. The van der Waals surface area contributed by atoms with Crippen molar-refractivity contribution in [1.29, 1.82) is 0 Å². The third-order valence-electron chi connectivity index (χ3n) is 4.11. The Morgan fingerprint density at radius 2 is 2.46 bits per heavy atom. The molecule has 0 saturated carbocycles. The first-order valence-electron chi connectivity index (χ1n) is 8.29. The first-order valence-corrected chi connectivity index (χ1v) is 8.29. The molecule has 0 unspecified atom stereocenters. The first kappa shape index (κ1) is 16.7. The average molecular weight is 329 g/mol. The van der Waals surface area contributed by atoms with Crippen LogP contribution in [0.5, 0.6) is 0 Å². The largest absolute Gasteiger partial charge is 0.376 e. The molecule has 3 rings (SSSR count). The molecule has 1 aliphatic heterocycles. The molecule has 24 heavy (non-hydrogen) atoms. The van der Waals surface area contributed by atoms with Crippen LogP contribution in [-0.2, 0) is 14.3 Å². The minimum atomic E-state index is -0.117. The first-order chi connectivity index (χ1) is 11.7. The normalized spacial score (nSPS) is 18.5. The van der Waals surface area contributed by atoms with E-state index < -0.39 is 0 Å². The van der Waals surface area contributed by atoms with Gasteiger partial charge in [0.25, 0.3) is 0 Å². The topological polar surface area (TPSA) is 65.4 Å². The van der Waals surface area contributed by atoms with E-state index in [1.807, 2.05) is 42.0 Å². The summed E-state index contributed by atoms with van der Waals surface area (Å²) in [6.45, 7) is 3.30. The number of hydrogen-bond donors (Lipinski definition) is 1. The van der Waals surface area contributed by atoms with Crippen molar-refractivity contribution < 1.29 is 14.3 Å². The second kappa shape index (κ2) is 8.08. The van der Waals surface area contributed by atoms with Gasteiger partial charge in [0.1, 0.15) is 6.61 Å². The SMILES string of the molecule is C[C@H](NC(=O)COC[C@@H]1CCCO1)c1cccc(-n2ccnc2)c1. The van der Waals surface area contributed by atoms with E-state index in [2.05, 4.69) is 10.3 Å². The summed E-state index contributed by atoms with van der Waals surface area (Å²) >= 11 is 0. The number of carbonyl (C=O) groups is 1. The summed E-state index contributed by atoms with van der Waals surface area (Å²) < 4.78 is 12.9. The Hall–Kier alpha value is -2.18. The lowest BCUT2D eigenvalue weighted by Crippen LogP contribution is -2.31. The zero-order valence-electron chi connectivity index (χ0n) is 13.9. The van der Waals surface area contributed by atoms with Gasteiger partial charge in [0.15, 0.2) is 0 Å². The molecular weight excluding hydrogens is 306 g/mol. The van der Waals surface area contributed by atoms with E-state index in [1.54, 1.807) is 12.5 Å². The van der Waals surface area contributed by atoms with Crippen molar-refractivity contribution in [3.8, 4) is 5.69 Å². The van der Waals surface area contributed by atoms with Crippen LogP contribution in [0.15, 0.2) is 43.0 Å². The van der Waals surface area contributed by atoms with Crippen LogP contribution >= 0.6 is 0 Å². The van der Waals surface area contributed by atoms with Gasteiger partial charge in [-0.25, -0.2) is 4.98 Å². The van der Waals surface area contributed by atoms with E-state index in [0.29, 0.717) is 6.61 Å². The predicted molar refractivity (Wildman–Crippen MR) is 89.9 cm³/mol. The summed E-state index contributed by atoms with van der Waals surface area (Å²) in [7, 11) is 0. The Morgan fingerprint density at radius 1 is 1.54 bits per heavy atom. The van der Waals surface area contributed by atoms with Crippen molar-refractivity contribution in [3.05, 3.63) is 48.5 Å². The van der Waals surface area contributed by atoms with Gasteiger partial charge < -0.3 is 19.4 Å². The van der Waals surface area contributed by atoms with E-state index in [0.717, 1.165) is 30.7 Å². The summed E-state index contributed by atoms with van der Waals surface area (Å²) in [5.41, 5.74) is 2.05. The number of rotatable bonds is 7. The van der Waals surface area contributed by atoms with Gasteiger partial charge in [-0.15, -0.1) is 0 Å². The van der Waals surface area contributed by atoms with Crippen LogP contribution < -0.4 is 5.32 Å². The number of nitrogens with one attached hydrogen (secondary N) is 1. The van der Waals surface area contributed by atoms with Crippen LogP contribution in [0, 0.1) is 0 Å². The Kier molecular flexibility index (Phi) is 5.61. The summed E-state index contributed by atoms with van der Waals surface area (Å²) in [5, 5.41) is 2.96. The monoisotopic (exact) mass is 329 g/mol. The fourth-order valence-electron chi connectivity index (χ4n) is 2.79. The molecule has 0 aliphatic carbocycles. The molecule has 6 heteroatoms. The summed E-state index contributed by atoms with van der Waals surface area (Å²) in [6.07, 6.45) is 7.61. The summed E-state index contributed by atoms with van der Waals surface area (Å²) in [6, 6.07) is 7.93. The molecule has 1 aromatic heterocycles. The highest BCUT2D eigenvalue weighted by molar-refractivity contribution is 5.77. The molecule has 1 aliphatic rings. The van der Waals surface area contributed by atoms with Gasteiger partial charge in [-0.2, -0.15) is 0 Å². The van der Waals surface area contributed by atoms with Crippen LogP contribution in [0.4, 0.5) is 0 Å². The highest BCUT2D eigenvalue weighted by atomic mass is 16.5. The average Bonchev–Trinajstić information content (AvgIpc) is 3.29. The molecule has 6 nitrogen and oxygen atoms in total. The van der Waals surface area contributed by atoms with Gasteiger partial charge in [0.05, 0.1) is 25.1 Å². The van der Waals surface area contributed by atoms with Crippen LogP contribution in [0.1, 0.15) is 31.4 Å². The molecule has 1 saturated heterocycles. The standard InChI is InChI=1S/C18H23N3O3/c1-14(20-18(22)12-23-11-17-6-3-9-24-17)15-4-2-5-16(10-15)21-8-7-19-13-21/h2,4-5,7-8,10,13-14,17H,3,6,9,11-12H2,1H3,(H,20,22)/t14-,17-/m0/s1. The number of aromatic nitrogens is 2. The molecule has 1 fully saturated rings. The number of amides is 1. The molecule has 2 aromatic rings. The minimum absolute atomic E-state index is 0.0609. The molecule has 1 amide bonds. The van der Waals surface area contributed by atoms with Crippen LogP contribution in [0.25, 0.3) is 5.69 Å². The van der Waals surface area contributed by atoms with Gasteiger partial charge in [-0.3, -0.25) is 4.79 Å². The Labute approximate surface area is 141 Å². The fraction of sp³-hybridized carbons (Fsp3) is 0.444. The predicted octanol–water partition coefficient (Wildman–Crippen LogP) is 2.25. The fourth-order valence-corrected chi connectivity index (χ4v) is 2.79.